The lowest BCUT2D eigenvalue weighted by Crippen LogP contribution is -2.25. The first kappa shape index (κ1) is 9.00. The lowest BCUT2D eigenvalue weighted by Gasteiger charge is -2.20. The molecule has 4 heteroatoms. The first-order valence-electron chi connectivity index (χ1n) is 3.99. The molecular formula is C7H15NO2S. The average molecular weight is 177 g/mol. The van der Waals surface area contributed by atoms with E-state index >= 15 is 0 Å². The van der Waals surface area contributed by atoms with Gasteiger partial charge in [-0.2, -0.15) is 0 Å². The van der Waals surface area contributed by atoms with Gasteiger partial charge in [0.2, 0.25) is 0 Å². The standard InChI is InChI=1S/C7H15NO2S/c1-3-10-7(2)8-11(9)5-4-6-11/h7H,3-6H2,1-2H3. The summed E-state index contributed by atoms with van der Waals surface area (Å²) in [7, 11) is -1.81. The van der Waals surface area contributed by atoms with E-state index in [0.717, 1.165) is 17.9 Å². The predicted octanol–water partition coefficient (Wildman–Crippen LogP) is 1.24. The number of ether oxygens (including phenoxy) is 1. The average Bonchev–Trinajstić information content (AvgIpc) is 1.85. The van der Waals surface area contributed by atoms with Gasteiger partial charge < -0.3 is 4.74 Å². The monoisotopic (exact) mass is 177 g/mol. The van der Waals surface area contributed by atoms with Gasteiger partial charge in [-0.15, -0.1) is 0 Å². The molecular weight excluding hydrogens is 162 g/mol. The van der Waals surface area contributed by atoms with Crippen molar-refractivity contribution >= 4 is 9.73 Å². The summed E-state index contributed by atoms with van der Waals surface area (Å²) in [4.78, 5) is 0. The minimum atomic E-state index is -1.81. The van der Waals surface area contributed by atoms with E-state index in [1.54, 1.807) is 0 Å². The summed E-state index contributed by atoms with van der Waals surface area (Å²) in [6, 6.07) is 0. The number of nitrogens with zero attached hydrogens (tertiary/aromatic N) is 1. The van der Waals surface area contributed by atoms with E-state index in [4.69, 9.17) is 4.74 Å². The molecule has 0 amide bonds. The maximum atomic E-state index is 11.5. The topological polar surface area (TPSA) is 38.7 Å². The van der Waals surface area contributed by atoms with Crippen molar-refractivity contribution in [2.24, 2.45) is 4.36 Å². The third-order valence-corrected chi connectivity index (χ3v) is 4.21. The second kappa shape index (κ2) is 3.54. The molecule has 11 heavy (non-hydrogen) atoms. The number of hydrogen-bond acceptors (Lipinski definition) is 3. The third-order valence-electron chi connectivity index (χ3n) is 1.68. The van der Waals surface area contributed by atoms with Gasteiger partial charge in [-0.25, -0.2) is 8.57 Å². The molecule has 1 atom stereocenters. The highest BCUT2D eigenvalue weighted by molar-refractivity contribution is 7.94. The number of hydrogen-bond donors (Lipinski definition) is 0. The number of rotatable bonds is 3. The molecule has 0 spiro atoms. The fourth-order valence-corrected chi connectivity index (χ4v) is 2.63. The zero-order valence-electron chi connectivity index (χ0n) is 7.08. The molecule has 3 nitrogen and oxygen atoms in total. The molecule has 1 aliphatic heterocycles. The maximum absolute atomic E-state index is 11.5. The molecule has 0 bridgehead atoms. The molecule has 0 N–H and O–H groups in total. The zero-order valence-corrected chi connectivity index (χ0v) is 7.89. The van der Waals surface area contributed by atoms with Crippen molar-refractivity contribution in [2.75, 3.05) is 18.1 Å². The Morgan fingerprint density at radius 1 is 1.64 bits per heavy atom. The summed E-state index contributed by atoms with van der Waals surface area (Å²) in [6.45, 7) is 4.40. The summed E-state index contributed by atoms with van der Waals surface area (Å²) < 4.78 is 20.8. The molecule has 1 unspecified atom stereocenters. The Bertz CT molecular complexity index is 221. The van der Waals surface area contributed by atoms with E-state index in [1.165, 1.54) is 0 Å². The van der Waals surface area contributed by atoms with Crippen molar-refractivity contribution in [3.8, 4) is 0 Å². The molecule has 66 valence electrons. The van der Waals surface area contributed by atoms with Crippen molar-refractivity contribution < 1.29 is 8.95 Å². The smallest absolute Gasteiger partial charge is 0.154 e. The molecule has 1 saturated heterocycles. The van der Waals surface area contributed by atoms with Crippen molar-refractivity contribution in [1.29, 1.82) is 0 Å². The van der Waals surface area contributed by atoms with Gasteiger partial charge in [0.05, 0.1) is 0 Å². The normalized spacial score (nSPS) is 23.8. The van der Waals surface area contributed by atoms with E-state index in [1.807, 2.05) is 13.8 Å². The van der Waals surface area contributed by atoms with Crippen molar-refractivity contribution in [3.05, 3.63) is 0 Å². The van der Waals surface area contributed by atoms with Gasteiger partial charge >= 0.3 is 0 Å². The van der Waals surface area contributed by atoms with E-state index in [-0.39, 0.29) is 6.23 Å². The van der Waals surface area contributed by atoms with Crippen LogP contribution in [0.3, 0.4) is 0 Å². The Kier molecular flexibility index (Phi) is 2.90. The maximum Gasteiger partial charge on any atom is 0.154 e. The van der Waals surface area contributed by atoms with Gasteiger partial charge in [-0.05, 0) is 20.3 Å². The van der Waals surface area contributed by atoms with Crippen LogP contribution >= 0.6 is 0 Å². The van der Waals surface area contributed by atoms with E-state index in [0.29, 0.717) is 6.61 Å². The van der Waals surface area contributed by atoms with Crippen LogP contribution in [0.2, 0.25) is 0 Å². The second-order valence-corrected chi connectivity index (χ2v) is 5.27. The van der Waals surface area contributed by atoms with Gasteiger partial charge in [0.1, 0.15) is 0 Å². The summed E-state index contributed by atoms with van der Waals surface area (Å²) >= 11 is 0. The summed E-state index contributed by atoms with van der Waals surface area (Å²) in [5, 5.41) is 0. The van der Waals surface area contributed by atoms with E-state index in [9.17, 15) is 4.21 Å². The fraction of sp³-hybridized carbons (Fsp3) is 1.00. The molecule has 0 aromatic heterocycles. The van der Waals surface area contributed by atoms with Crippen LogP contribution in [0.15, 0.2) is 4.36 Å². The van der Waals surface area contributed by atoms with Crippen LogP contribution in [-0.4, -0.2) is 28.5 Å². The van der Waals surface area contributed by atoms with Crippen LogP contribution in [0.25, 0.3) is 0 Å². The predicted molar refractivity (Wildman–Crippen MR) is 46.0 cm³/mol. The van der Waals surface area contributed by atoms with E-state index < -0.39 is 9.73 Å². The minimum Gasteiger partial charge on any atom is -0.356 e. The molecule has 0 radical (unpaired) electrons. The highest BCUT2D eigenvalue weighted by Gasteiger charge is 2.19. The Labute approximate surface area is 68.3 Å². The Balaban J connectivity index is 2.50. The summed E-state index contributed by atoms with van der Waals surface area (Å²) in [5.74, 6) is 1.54. The van der Waals surface area contributed by atoms with Crippen LogP contribution in [-0.2, 0) is 14.5 Å². The molecule has 0 aliphatic carbocycles. The van der Waals surface area contributed by atoms with Crippen LogP contribution in [0.1, 0.15) is 20.3 Å². The molecule has 0 aromatic carbocycles. The molecule has 1 fully saturated rings. The Morgan fingerprint density at radius 3 is 2.64 bits per heavy atom. The summed E-state index contributed by atoms with van der Waals surface area (Å²) in [5.41, 5.74) is 0. The highest BCUT2D eigenvalue weighted by Crippen LogP contribution is 2.14. The minimum absolute atomic E-state index is 0.187. The molecule has 1 heterocycles. The van der Waals surface area contributed by atoms with Gasteiger partial charge in [-0.1, -0.05) is 0 Å². The lowest BCUT2D eigenvalue weighted by atomic mass is 10.5. The van der Waals surface area contributed by atoms with Crippen molar-refractivity contribution in [2.45, 2.75) is 26.5 Å². The molecule has 1 rings (SSSR count). The molecule has 1 aliphatic rings. The van der Waals surface area contributed by atoms with Crippen molar-refractivity contribution in [1.82, 2.24) is 0 Å². The van der Waals surface area contributed by atoms with Gasteiger partial charge in [0.15, 0.2) is 6.23 Å². The first-order chi connectivity index (χ1) is 5.16. The van der Waals surface area contributed by atoms with E-state index in [2.05, 4.69) is 4.36 Å². The van der Waals surface area contributed by atoms with Crippen LogP contribution in [0.4, 0.5) is 0 Å². The quantitative estimate of drug-likeness (QED) is 0.650. The van der Waals surface area contributed by atoms with Crippen LogP contribution < -0.4 is 0 Å². The second-order valence-electron chi connectivity index (χ2n) is 2.69. The largest absolute Gasteiger partial charge is 0.356 e. The SMILES string of the molecule is CCOC(C)N=S1(=O)CCC1. The fourth-order valence-electron chi connectivity index (χ4n) is 1.04. The third kappa shape index (κ3) is 2.45. The van der Waals surface area contributed by atoms with Gasteiger partial charge in [-0.3, -0.25) is 0 Å². The van der Waals surface area contributed by atoms with Gasteiger partial charge in [0.25, 0.3) is 0 Å². The molecule has 0 aromatic rings. The Morgan fingerprint density at radius 2 is 2.27 bits per heavy atom. The van der Waals surface area contributed by atoms with Crippen molar-refractivity contribution in [3.63, 3.8) is 0 Å². The summed E-state index contributed by atoms with van der Waals surface area (Å²) in [6.07, 6.45) is 0.870. The zero-order chi connectivity index (χ0) is 8.32. The Hall–Kier alpha value is -0.0900. The van der Waals surface area contributed by atoms with Crippen LogP contribution in [0, 0.1) is 0 Å². The van der Waals surface area contributed by atoms with Crippen LogP contribution in [0.5, 0.6) is 0 Å². The van der Waals surface area contributed by atoms with Gasteiger partial charge in [0, 0.05) is 27.8 Å². The molecule has 0 saturated carbocycles. The first-order valence-corrected chi connectivity index (χ1v) is 5.85. The highest BCUT2D eigenvalue weighted by atomic mass is 32.2. The lowest BCUT2D eigenvalue weighted by molar-refractivity contribution is 0.0843.